The maximum atomic E-state index is 13.5. The van der Waals surface area contributed by atoms with Gasteiger partial charge in [0.05, 0.1) is 24.9 Å². The summed E-state index contributed by atoms with van der Waals surface area (Å²) in [5, 5.41) is 6.31. The van der Waals surface area contributed by atoms with Crippen molar-refractivity contribution < 1.29 is 18.7 Å². The fourth-order valence-electron chi connectivity index (χ4n) is 4.49. The number of amides is 2. The lowest BCUT2D eigenvalue weighted by molar-refractivity contribution is -0.134. The maximum absolute atomic E-state index is 13.5. The Morgan fingerprint density at radius 1 is 1.06 bits per heavy atom. The zero-order chi connectivity index (χ0) is 24.2. The fourth-order valence-corrected chi connectivity index (χ4v) is 4.49. The molecule has 0 N–H and O–H groups in total. The number of ether oxygens (including phenoxy) is 1. The van der Waals surface area contributed by atoms with Gasteiger partial charge in [-0.3, -0.25) is 9.69 Å². The summed E-state index contributed by atoms with van der Waals surface area (Å²) in [6.07, 6.45) is 0.259. The predicted molar refractivity (Wildman–Crippen MR) is 128 cm³/mol. The first-order valence-corrected chi connectivity index (χ1v) is 11.7. The van der Waals surface area contributed by atoms with E-state index < -0.39 is 0 Å². The van der Waals surface area contributed by atoms with Crippen LogP contribution in [0.15, 0.2) is 47.6 Å². The summed E-state index contributed by atoms with van der Waals surface area (Å²) in [5.74, 6) is -0.393. The highest BCUT2D eigenvalue weighted by Crippen LogP contribution is 2.35. The number of benzene rings is 2. The standard InChI is InChI=1S/C26H31FN4O3/c1-4-34-26(33)30-13-11-29(12-14-30)17-25(32)31-24(22-15-18(2)5-6-19(22)3)16-23(28-31)20-7-9-21(27)10-8-20/h5-10,15,24H,4,11-14,16-17H2,1-3H3/t24-/m1/s1. The minimum Gasteiger partial charge on any atom is -0.450 e. The van der Waals surface area contributed by atoms with E-state index in [1.54, 1.807) is 29.0 Å². The summed E-state index contributed by atoms with van der Waals surface area (Å²) in [7, 11) is 0. The molecule has 180 valence electrons. The SMILES string of the molecule is CCOC(=O)N1CCN(CC(=O)N2N=C(c3ccc(F)cc3)C[C@@H]2c2cc(C)ccc2C)CC1. The number of rotatable bonds is 5. The molecule has 0 aromatic heterocycles. The molecule has 2 aliphatic heterocycles. The Kier molecular flexibility index (Phi) is 7.26. The van der Waals surface area contributed by atoms with Crippen molar-refractivity contribution in [2.45, 2.75) is 33.2 Å². The van der Waals surface area contributed by atoms with Crippen LogP contribution in [0, 0.1) is 19.7 Å². The topological polar surface area (TPSA) is 65.5 Å². The molecular formula is C26H31FN4O3. The van der Waals surface area contributed by atoms with Crippen LogP contribution in [0.4, 0.5) is 9.18 Å². The number of hydrazone groups is 1. The predicted octanol–water partition coefficient (Wildman–Crippen LogP) is 3.89. The van der Waals surface area contributed by atoms with Crippen LogP contribution in [0.5, 0.6) is 0 Å². The van der Waals surface area contributed by atoms with Gasteiger partial charge in [-0.1, -0.05) is 35.9 Å². The molecule has 4 rings (SSSR count). The largest absolute Gasteiger partial charge is 0.450 e. The number of carbonyl (C=O) groups is 2. The van der Waals surface area contributed by atoms with Gasteiger partial charge in [-0.05, 0) is 49.6 Å². The number of aryl methyl sites for hydroxylation is 2. The van der Waals surface area contributed by atoms with E-state index in [4.69, 9.17) is 9.84 Å². The van der Waals surface area contributed by atoms with Crippen molar-refractivity contribution in [2.24, 2.45) is 5.10 Å². The zero-order valence-corrected chi connectivity index (χ0v) is 20.0. The smallest absolute Gasteiger partial charge is 0.409 e. The molecule has 1 saturated heterocycles. The monoisotopic (exact) mass is 466 g/mol. The number of piperazine rings is 1. The Balaban J connectivity index is 1.52. The lowest BCUT2D eigenvalue weighted by Crippen LogP contribution is -2.51. The van der Waals surface area contributed by atoms with Crippen molar-refractivity contribution >= 4 is 17.7 Å². The second-order valence-electron chi connectivity index (χ2n) is 8.83. The third kappa shape index (κ3) is 5.28. The second-order valence-corrected chi connectivity index (χ2v) is 8.83. The average molecular weight is 467 g/mol. The fraction of sp³-hybridized carbons (Fsp3) is 0.423. The molecule has 2 aliphatic rings. The molecule has 0 saturated carbocycles. The summed E-state index contributed by atoms with van der Waals surface area (Å²) >= 11 is 0. The van der Waals surface area contributed by atoms with Crippen molar-refractivity contribution in [3.8, 4) is 0 Å². The average Bonchev–Trinajstić information content (AvgIpc) is 3.27. The van der Waals surface area contributed by atoms with Crippen molar-refractivity contribution in [3.05, 3.63) is 70.5 Å². The first kappa shape index (κ1) is 23.9. The van der Waals surface area contributed by atoms with E-state index in [2.05, 4.69) is 18.2 Å². The van der Waals surface area contributed by atoms with E-state index in [1.807, 2.05) is 18.7 Å². The highest BCUT2D eigenvalue weighted by atomic mass is 19.1. The van der Waals surface area contributed by atoms with Gasteiger partial charge in [-0.2, -0.15) is 5.10 Å². The molecule has 0 radical (unpaired) electrons. The molecular weight excluding hydrogens is 435 g/mol. The van der Waals surface area contributed by atoms with Crippen molar-refractivity contribution in [1.29, 1.82) is 0 Å². The first-order chi connectivity index (χ1) is 16.4. The first-order valence-electron chi connectivity index (χ1n) is 11.7. The van der Waals surface area contributed by atoms with E-state index in [-0.39, 0.29) is 30.4 Å². The lowest BCUT2D eigenvalue weighted by Gasteiger charge is -2.34. The van der Waals surface area contributed by atoms with Crippen molar-refractivity contribution in [1.82, 2.24) is 14.8 Å². The van der Waals surface area contributed by atoms with E-state index in [0.29, 0.717) is 39.2 Å². The molecule has 2 aromatic rings. The summed E-state index contributed by atoms with van der Waals surface area (Å²) in [4.78, 5) is 29.1. The molecule has 2 heterocycles. The van der Waals surface area contributed by atoms with Gasteiger partial charge in [0.1, 0.15) is 5.82 Å². The number of hydrogen-bond donors (Lipinski definition) is 0. The van der Waals surface area contributed by atoms with Gasteiger partial charge in [0.2, 0.25) is 0 Å². The van der Waals surface area contributed by atoms with Gasteiger partial charge in [0.25, 0.3) is 5.91 Å². The van der Waals surface area contributed by atoms with E-state index in [1.165, 1.54) is 12.1 Å². The lowest BCUT2D eigenvalue weighted by atomic mass is 9.94. The minimum atomic E-state index is -0.309. The zero-order valence-electron chi connectivity index (χ0n) is 20.0. The van der Waals surface area contributed by atoms with Gasteiger partial charge >= 0.3 is 6.09 Å². The molecule has 1 fully saturated rings. The van der Waals surface area contributed by atoms with Gasteiger partial charge in [0, 0.05) is 32.6 Å². The Morgan fingerprint density at radius 2 is 1.76 bits per heavy atom. The number of carbonyl (C=O) groups excluding carboxylic acids is 2. The molecule has 34 heavy (non-hydrogen) atoms. The van der Waals surface area contributed by atoms with E-state index >= 15 is 0 Å². The third-order valence-electron chi connectivity index (χ3n) is 6.39. The highest BCUT2D eigenvalue weighted by Gasteiger charge is 2.35. The number of halogens is 1. The van der Waals surface area contributed by atoms with E-state index in [9.17, 15) is 14.0 Å². The highest BCUT2D eigenvalue weighted by molar-refractivity contribution is 6.03. The molecule has 2 aromatic carbocycles. The molecule has 2 amide bonds. The quantitative estimate of drug-likeness (QED) is 0.671. The van der Waals surface area contributed by atoms with Crippen LogP contribution in [0.25, 0.3) is 0 Å². The summed E-state index contributed by atoms with van der Waals surface area (Å²) < 4.78 is 18.5. The van der Waals surface area contributed by atoms with Crippen LogP contribution in [0.1, 0.15) is 41.6 Å². The van der Waals surface area contributed by atoms with Gasteiger partial charge in [-0.25, -0.2) is 14.2 Å². The van der Waals surface area contributed by atoms with Crippen LogP contribution in [-0.2, 0) is 9.53 Å². The molecule has 8 heteroatoms. The Labute approximate surface area is 199 Å². The maximum Gasteiger partial charge on any atom is 0.409 e. The van der Waals surface area contributed by atoms with Gasteiger partial charge < -0.3 is 9.64 Å². The van der Waals surface area contributed by atoms with Gasteiger partial charge in [0.15, 0.2) is 0 Å². The van der Waals surface area contributed by atoms with Crippen LogP contribution < -0.4 is 0 Å². The van der Waals surface area contributed by atoms with Crippen LogP contribution >= 0.6 is 0 Å². The Bertz CT molecular complexity index is 1080. The molecule has 0 spiro atoms. The molecule has 1 atom stereocenters. The third-order valence-corrected chi connectivity index (χ3v) is 6.39. The normalized spacial score (nSPS) is 18.7. The minimum absolute atomic E-state index is 0.0902. The molecule has 0 aliphatic carbocycles. The van der Waals surface area contributed by atoms with Crippen LogP contribution in [0.2, 0.25) is 0 Å². The number of hydrogen-bond acceptors (Lipinski definition) is 5. The van der Waals surface area contributed by atoms with Crippen LogP contribution in [-0.4, -0.2) is 71.9 Å². The van der Waals surface area contributed by atoms with Crippen LogP contribution in [0.3, 0.4) is 0 Å². The summed E-state index contributed by atoms with van der Waals surface area (Å²) in [5.41, 5.74) is 4.88. The summed E-state index contributed by atoms with van der Waals surface area (Å²) in [6, 6.07) is 12.3. The second kappa shape index (κ2) is 10.3. The molecule has 7 nitrogen and oxygen atoms in total. The Hall–Kier alpha value is -3.26. The Morgan fingerprint density at radius 3 is 2.44 bits per heavy atom. The number of nitrogens with zero attached hydrogens (tertiary/aromatic N) is 4. The molecule has 0 bridgehead atoms. The van der Waals surface area contributed by atoms with Crippen molar-refractivity contribution in [2.75, 3.05) is 39.3 Å². The van der Waals surface area contributed by atoms with Gasteiger partial charge in [-0.15, -0.1) is 0 Å². The molecule has 0 unspecified atom stereocenters. The van der Waals surface area contributed by atoms with E-state index in [0.717, 1.165) is 28.0 Å². The van der Waals surface area contributed by atoms with Crippen molar-refractivity contribution in [3.63, 3.8) is 0 Å². The summed E-state index contributed by atoms with van der Waals surface area (Å²) in [6.45, 7) is 8.68.